The number of ether oxygens (including phenoxy) is 1. The predicted octanol–water partition coefficient (Wildman–Crippen LogP) is 3.68. The highest BCUT2D eigenvalue weighted by molar-refractivity contribution is 6.24. The molecule has 1 atom stereocenters. The Morgan fingerprint density at radius 1 is 1.40 bits per heavy atom. The molecule has 0 amide bonds. The van der Waals surface area contributed by atoms with E-state index < -0.39 is 4.87 Å². The third kappa shape index (κ3) is 3.86. The number of halogens is 1. The van der Waals surface area contributed by atoms with E-state index in [2.05, 4.69) is 6.58 Å². The van der Waals surface area contributed by atoms with Gasteiger partial charge in [0, 0.05) is 5.57 Å². The van der Waals surface area contributed by atoms with Crippen molar-refractivity contribution in [3.63, 3.8) is 0 Å². The highest BCUT2D eigenvalue weighted by Crippen LogP contribution is 2.32. The van der Waals surface area contributed by atoms with Crippen LogP contribution in [-0.2, 0) is 9.53 Å². The van der Waals surface area contributed by atoms with Gasteiger partial charge in [-0.15, -0.1) is 11.6 Å². The Morgan fingerprint density at radius 3 is 2.13 bits per heavy atom. The van der Waals surface area contributed by atoms with E-state index in [-0.39, 0.29) is 12.1 Å². The van der Waals surface area contributed by atoms with Crippen LogP contribution in [0.25, 0.3) is 0 Å². The maximum atomic E-state index is 11.4. The molecule has 2 nitrogen and oxygen atoms in total. The van der Waals surface area contributed by atoms with Gasteiger partial charge in [-0.2, -0.15) is 0 Å². The second-order valence-electron chi connectivity index (χ2n) is 3.82. The summed E-state index contributed by atoms with van der Waals surface area (Å²) in [5.74, 6) is -0.353. The molecule has 0 aromatic rings. The van der Waals surface area contributed by atoms with E-state index in [4.69, 9.17) is 16.3 Å². The number of alkyl halides is 1. The van der Waals surface area contributed by atoms with Crippen molar-refractivity contribution in [2.24, 2.45) is 0 Å². The minimum absolute atomic E-state index is 0.238. The number of carbonyl (C=O) groups excluding carboxylic acids is 1. The second-order valence-corrected chi connectivity index (χ2v) is 4.58. The summed E-state index contributed by atoms with van der Waals surface area (Å²) >= 11 is 6.42. The van der Waals surface area contributed by atoms with Gasteiger partial charge < -0.3 is 4.74 Å². The van der Waals surface area contributed by atoms with Crippen molar-refractivity contribution in [2.45, 2.75) is 57.9 Å². The van der Waals surface area contributed by atoms with Crippen molar-refractivity contribution in [3.05, 3.63) is 12.2 Å². The molecule has 0 aliphatic heterocycles. The lowest BCUT2D eigenvalue weighted by Gasteiger charge is -2.32. The summed E-state index contributed by atoms with van der Waals surface area (Å²) < 4.78 is 5.34. The number of esters is 1. The topological polar surface area (TPSA) is 26.3 Å². The van der Waals surface area contributed by atoms with Crippen molar-refractivity contribution >= 4 is 17.6 Å². The third-order valence-electron chi connectivity index (χ3n) is 2.72. The summed E-state index contributed by atoms with van der Waals surface area (Å²) in [6.07, 6.45) is 2.06. The lowest BCUT2D eigenvalue weighted by atomic mass is 9.93. The minimum Gasteiger partial charge on any atom is -0.457 e. The van der Waals surface area contributed by atoms with Gasteiger partial charge in [-0.25, -0.2) is 4.79 Å². The molecule has 0 N–H and O–H groups in total. The van der Waals surface area contributed by atoms with Crippen molar-refractivity contribution in [1.29, 1.82) is 0 Å². The fourth-order valence-corrected chi connectivity index (χ4v) is 1.69. The van der Waals surface area contributed by atoms with Crippen LogP contribution in [0.2, 0.25) is 0 Å². The van der Waals surface area contributed by atoms with Gasteiger partial charge in [0.05, 0.1) is 4.87 Å². The molecular formula is C12H21ClO2. The average Bonchev–Trinajstić information content (AvgIpc) is 2.24. The van der Waals surface area contributed by atoms with Crippen LogP contribution in [0.5, 0.6) is 0 Å². The van der Waals surface area contributed by atoms with Gasteiger partial charge in [-0.3, -0.25) is 0 Å². The van der Waals surface area contributed by atoms with Crippen molar-refractivity contribution in [3.8, 4) is 0 Å². The van der Waals surface area contributed by atoms with Crippen molar-refractivity contribution in [2.75, 3.05) is 0 Å². The van der Waals surface area contributed by atoms with Gasteiger partial charge in [-0.05, 0) is 26.2 Å². The zero-order valence-corrected chi connectivity index (χ0v) is 10.9. The average molecular weight is 233 g/mol. The van der Waals surface area contributed by atoms with Gasteiger partial charge in [0.1, 0.15) is 6.10 Å². The molecule has 0 aliphatic carbocycles. The summed E-state index contributed by atoms with van der Waals surface area (Å²) in [4.78, 5) is 11.0. The summed E-state index contributed by atoms with van der Waals surface area (Å²) in [6, 6.07) is 0. The van der Waals surface area contributed by atoms with Crippen LogP contribution in [0.4, 0.5) is 0 Å². The van der Waals surface area contributed by atoms with Gasteiger partial charge in [0.2, 0.25) is 0 Å². The lowest BCUT2D eigenvalue weighted by Crippen LogP contribution is -2.39. The molecule has 0 aromatic heterocycles. The molecule has 1 unspecified atom stereocenters. The Balaban J connectivity index is 4.61. The van der Waals surface area contributed by atoms with E-state index >= 15 is 0 Å². The van der Waals surface area contributed by atoms with Crippen LogP contribution in [-0.4, -0.2) is 16.9 Å². The summed E-state index contributed by atoms with van der Waals surface area (Å²) in [5, 5.41) is 0. The number of rotatable bonds is 6. The summed E-state index contributed by atoms with van der Waals surface area (Å²) in [7, 11) is 0. The summed E-state index contributed by atoms with van der Waals surface area (Å²) in [6.45, 7) is 11.2. The Kier molecular flexibility index (Phi) is 5.96. The maximum Gasteiger partial charge on any atom is 0.333 e. The van der Waals surface area contributed by atoms with Gasteiger partial charge in [-0.1, -0.05) is 27.4 Å². The molecule has 15 heavy (non-hydrogen) atoms. The Hall–Kier alpha value is -0.500. The van der Waals surface area contributed by atoms with Crippen LogP contribution >= 0.6 is 11.6 Å². The monoisotopic (exact) mass is 232 g/mol. The first-order valence-corrected chi connectivity index (χ1v) is 5.84. The van der Waals surface area contributed by atoms with Crippen LogP contribution in [0.1, 0.15) is 47.0 Å². The Labute approximate surface area is 97.6 Å². The SMILES string of the molecule is C=C(C)C(=O)OC(CC)C(Cl)(CC)CC. The predicted molar refractivity (Wildman–Crippen MR) is 64.2 cm³/mol. The third-order valence-corrected chi connectivity index (χ3v) is 3.50. The molecule has 0 heterocycles. The summed E-state index contributed by atoms with van der Waals surface area (Å²) in [5.41, 5.74) is 0.416. The first kappa shape index (κ1) is 14.5. The van der Waals surface area contributed by atoms with Gasteiger partial charge in [0.15, 0.2) is 0 Å². The lowest BCUT2D eigenvalue weighted by molar-refractivity contribution is -0.146. The van der Waals surface area contributed by atoms with E-state index in [1.807, 2.05) is 20.8 Å². The fourth-order valence-electron chi connectivity index (χ4n) is 1.49. The second kappa shape index (κ2) is 6.16. The normalized spacial score (nSPS) is 13.4. The number of carbonyl (C=O) groups is 1. The zero-order valence-electron chi connectivity index (χ0n) is 10.1. The van der Waals surface area contributed by atoms with E-state index in [1.165, 1.54) is 0 Å². The molecule has 3 heteroatoms. The van der Waals surface area contributed by atoms with Crippen LogP contribution < -0.4 is 0 Å². The molecular weight excluding hydrogens is 212 g/mol. The van der Waals surface area contributed by atoms with E-state index in [9.17, 15) is 4.79 Å². The van der Waals surface area contributed by atoms with E-state index in [1.54, 1.807) is 6.92 Å². The van der Waals surface area contributed by atoms with Gasteiger partial charge >= 0.3 is 5.97 Å². The first-order valence-electron chi connectivity index (χ1n) is 5.46. The minimum atomic E-state index is -0.445. The molecule has 0 rings (SSSR count). The first-order chi connectivity index (χ1) is 6.91. The van der Waals surface area contributed by atoms with Crippen LogP contribution in [0.3, 0.4) is 0 Å². The smallest absolute Gasteiger partial charge is 0.333 e. The largest absolute Gasteiger partial charge is 0.457 e. The molecule has 0 radical (unpaired) electrons. The molecule has 0 spiro atoms. The van der Waals surface area contributed by atoms with Gasteiger partial charge in [0.25, 0.3) is 0 Å². The highest BCUT2D eigenvalue weighted by atomic mass is 35.5. The van der Waals surface area contributed by atoms with Crippen LogP contribution in [0.15, 0.2) is 12.2 Å². The van der Waals surface area contributed by atoms with E-state index in [0.717, 1.165) is 19.3 Å². The standard InChI is InChI=1S/C12H21ClO2/c1-6-10(12(13,7-2)8-3)15-11(14)9(4)5/h10H,4,6-8H2,1-3,5H3. The number of hydrogen-bond acceptors (Lipinski definition) is 2. The molecule has 0 saturated heterocycles. The quantitative estimate of drug-likeness (QED) is 0.397. The maximum absolute atomic E-state index is 11.4. The highest BCUT2D eigenvalue weighted by Gasteiger charge is 2.35. The fraction of sp³-hybridized carbons (Fsp3) is 0.750. The molecule has 88 valence electrons. The molecule has 0 saturated carbocycles. The molecule has 0 aromatic carbocycles. The molecule has 0 aliphatic rings. The van der Waals surface area contributed by atoms with Crippen LogP contribution in [0, 0.1) is 0 Å². The Morgan fingerprint density at radius 2 is 1.87 bits per heavy atom. The van der Waals surface area contributed by atoms with Crippen molar-refractivity contribution < 1.29 is 9.53 Å². The zero-order chi connectivity index (χ0) is 12.1. The Bertz CT molecular complexity index is 232. The molecule has 0 bridgehead atoms. The number of hydrogen-bond donors (Lipinski definition) is 0. The van der Waals surface area contributed by atoms with E-state index in [0.29, 0.717) is 5.57 Å². The van der Waals surface area contributed by atoms with Crippen molar-refractivity contribution in [1.82, 2.24) is 0 Å². The molecule has 0 fully saturated rings.